The summed E-state index contributed by atoms with van der Waals surface area (Å²) in [4.78, 5) is 26.6. The third-order valence-electron chi connectivity index (χ3n) is 4.16. The van der Waals surface area contributed by atoms with Gasteiger partial charge < -0.3 is 10.2 Å². The first-order valence-electron chi connectivity index (χ1n) is 8.59. The molecule has 2 amide bonds. The summed E-state index contributed by atoms with van der Waals surface area (Å²) >= 11 is 16.8. The standard InChI is InChI=1S/C20H21BrCl2N2O2S/c1-13(20(27)24-2)25(10-14-3-6-16(21)7-4-14)19(26)12-28-11-15-5-8-17(22)18(23)9-15/h3-9,13H,10-12H2,1-2H3,(H,24,27)/t13-/m0/s1. The second-order valence-corrected chi connectivity index (χ2v) is 8.90. The maximum absolute atomic E-state index is 12.9. The van der Waals surface area contributed by atoms with Crippen LogP contribution in [-0.4, -0.2) is 35.6 Å². The number of hydrogen-bond acceptors (Lipinski definition) is 3. The fourth-order valence-corrected chi connectivity index (χ4v) is 3.99. The van der Waals surface area contributed by atoms with E-state index in [4.69, 9.17) is 23.2 Å². The predicted molar refractivity (Wildman–Crippen MR) is 121 cm³/mol. The minimum Gasteiger partial charge on any atom is -0.357 e. The summed E-state index contributed by atoms with van der Waals surface area (Å²) in [7, 11) is 1.57. The number of carbonyl (C=O) groups is 2. The molecule has 4 nitrogen and oxygen atoms in total. The Morgan fingerprint density at radius 1 is 1.11 bits per heavy atom. The van der Waals surface area contributed by atoms with Crippen LogP contribution >= 0.6 is 50.9 Å². The lowest BCUT2D eigenvalue weighted by Crippen LogP contribution is -2.47. The first-order chi connectivity index (χ1) is 13.3. The van der Waals surface area contributed by atoms with E-state index in [2.05, 4.69) is 21.2 Å². The maximum atomic E-state index is 12.9. The van der Waals surface area contributed by atoms with Gasteiger partial charge in [0.15, 0.2) is 0 Å². The van der Waals surface area contributed by atoms with Gasteiger partial charge >= 0.3 is 0 Å². The highest BCUT2D eigenvalue weighted by Gasteiger charge is 2.25. The van der Waals surface area contributed by atoms with E-state index >= 15 is 0 Å². The summed E-state index contributed by atoms with van der Waals surface area (Å²) in [5, 5.41) is 3.62. The van der Waals surface area contributed by atoms with Crippen LogP contribution in [0, 0.1) is 0 Å². The van der Waals surface area contributed by atoms with Crippen LogP contribution in [0.25, 0.3) is 0 Å². The zero-order valence-electron chi connectivity index (χ0n) is 15.5. The molecule has 0 spiro atoms. The van der Waals surface area contributed by atoms with E-state index < -0.39 is 6.04 Å². The third kappa shape index (κ3) is 6.69. The summed E-state index contributed by atoms with van der Waals surface area (Å²) < 4.78 is 0.964. The van der Waals surface area contributed by atoms with Gasteiger partial charge in [0.25, 0.3) is 0 Å². The first-order valence-corrected chi connectivity index (χ1v) is 11.3. The van der Waals surface area contributed by atoms with Crippen molar-refractivity contribution < 1.29 is 9.59 Å². The average molecular weight is 504 g/mol. The van der Waals surface area contributed by atoms with Gasteiger partial charge in [-0.3, -0.25) is 9.59 Å². The molecular weight excluding hydrogens is 483 g/mol. The van der Waals surface area contributed by atoms with Gasteiger partial charge in [-0.25, -0.2) is 0 Å². The minimum absolute atomic E-state index is 0.0934. The molecule has 0 bridgehead atoms. The topological polar surface area (TPSA) is 49.4 Å². The first kappa shape index (κ1) is 23.1. The predicted octanol–water partition coefficient (Wildman–Crippen LogP) is 5.15. The zero-order valence-corrected chi connectivity index (χ0v) is 19.5. The number of benzene rings is 2. The molecule has 28 heavy (non-hydrogen) atoms. The minimum atomic E-state index is -0.563. The van der Waals surface area contributed by atoms with Gasteiger partial charge in [0.05, 0.1) is 15.8 Å². The molecule has 0 saturated carbocycles. The molecule has 1 atom stereocenters. The van der Waals surface area contributed by atoms with Crippen molar-refractivity contribution in [3.05, 3.63) is 68.1 Å². The van der Waals surface area contributed by atoms with Crippen molar-refractivity contribution in [2.24, 2.45) is 0 Å². The van der Waals surface area contributed by atoms with Crippen LogP contribution in [0.5, 0.6) is 0 Å². The third-order valence-corrected chi connectivity index (χ3v) is 6.41. The molecule has 150 valence electrons. The number of amides is 2. The fraction of sp³-hybridized carbons (Fsp3) is 0.300. The Bertz CT molecular complexity index is 833. The monoisotopic (exact) mass is 502 g/mol. The summed E-state index contributed by atoms with van der Waals surface area (Å²) in [6, 6.07) is 12.6. The van der Waals surface area contributed by atoms with Crippen molar-refractivity contribution in [1.82, 2.24) is 10.2 Å². The highest BCUT2D eigenvalue weighted by Crippen LogP contribution is 2.25. The van der Waals surface area contributed by atoms with Crippen LogP contribution in [0.15, 0.2) is 46.9 Å². The number of thioether (sulfide) groups is 1. The SMILES string of the molecule is CNC(=O)[C@H](C)N(Cc1ccc(Br)cc1)C(=O)CSCc1ccc(Cl)c(Cl)c1. The Morgan fingerprint density at radius 3 is 2.36 bits per heavy atom. The van der Waals surface area contributed by atoms with E-state index in [0.717, 1.165) is 15.6 Å². The molecule has 0 radical (unpaired) electrons. The van der Waals surface area contributed by atoms with E-state index in [9.17, 15) is 9.59 Å². The lowest BCUT2D eigenvalue weighted by Gasteiger charge is -2.28. The van der Waals surface area contributed by atoms with Crippen molar-refractivity contribution in [2.75, 3.05) is 12.8 Å². The van der Waals surface area contributed by atoms with Gasteiger partial charge in [-0.15, -0.1) is 11.8 Å². The Labute approximate surface area is 188 Å². The molecule has 0 aromatic heterocycles. The molecule has 0 fully saturated rings. The van der Waals surface area contributed by atoms with Gasteiger partial charge in [-0.1, -0.05) is 57.3 Å². The number of carbonyl (C=O) groups excluding carboxylic acids is 2. The Hall–Kier alpha value is -1.21. The number of nitrogens with zero attached hydrogens (tertiary/aromatic N) is 1. The van der Waals surface area contributed by atoms with Crippen LogP contribution in [-0.2, 0) is 21.9 Å². The van der Waals surface area contributed by atoms with E-state index in [1.54, 1.807) is 31.0 Å². The van der Waals surface area contributed by atoms with E-state index in [-0.39, 0.29) is 17.6 Å². The summed E-state index contributed by atoms with van der Waals surface area (Å²) in [5.74, 6) is 0.602. The van der Waals surface area contributed by atoms with Crippen molar-refractivity contribution in [2.45, 2.75) is 25.3 Å². The van der Waals surface area contributed by atoms with Crippen LogP contribution in [0.2, 0.25) is 10.0 Å². The highest BCUT2D eigenvalue weighted by molar-refractivity contribution is 9.10. The van der Waals surface area contributed by atoms with E-state index in [0.29, 0.717) is 22.3 Å². The van der Waals surface area contributed by atoms with Gasteiger partial charge in [0, 0.05) is 23.8 Å². The molecule has 2 aromatic rings. The van der Waals surface area contributed by atoms with E-state index in [1.165, 1.54) is 11.8 Å². The molecule has 0 saturated heterocycles. The molecule has 1 N–H and O–H groups in total. The zero-order chi connectivity index (χ0) is 20.7. The smallest absolute Gasteiger partial charge is 0.242 e. The molecule has 2 rings (SSSR count). The molecular formula is C20H21BrCl2N2O2S. The summed E-state index contributed by atoms with van der Waals surface area (Å²) in [5.41, 5.74) is 1.95. The number of nitrogens with one attached hydrogen (secondary N) is 1. The summed E-state index contributed by atoms with van der Waals surface area (Å²) in [6.07, 6.45) is 0. The number of rotatable bonds is 8. The largest absolute Gasteiger partial charge is 0.357 e. The van der Waals surface area contributed by atoms with Crippen molar-refractivity contribution in [3.63, 3.8) is 0 Å². The van der Waals surface area contributed by atoms with Crippen molar-refractivity contribution >= 4 is 62.7 Å². The number of hydrogen-bond donors (Lipinski definition) is 1. The normalized spacial score (nSPS) is 11.8. The average Bonchev–Trinajstić information content (AvgIpc) is 2.69. The molecule has 0 unspecified atom stereocenters. The van der Waals surface area contributed by atoms with Gasteiger partial charge in [0.2, 0.25) is 11.8 Å². The Kier molecular flexibility index (Phi) is 9.15. The van der Waals surface area contributed by atoms with Crippen molar-refractivity contribution in [3.8, 4) is 0 Å². The number of likely N-dealkylation sites (N-methyl/N-ethyl adjacent to an activating group) is 1. The molecule has 0 aliphatic heterocycles. The van der Waals surface area contributed by atoms with Crippen LogP contribution in [0.1, 0.15) is 18.1 Å². The number of halogens is 3. The van der Waals surface area contributed by atoms with Gasteiger partial charge in [-0.05, 0) is 42.3 Å². The second kappa shape index (κ2) is 11.1. The molecule has 2 aromatic carbocycles. The van der Waals surface area contributed by atoms with Gasteiger partial charge in [-0.2, -0.15) is 0 Å². The van der Waals surface area contributed by atoms with Crippen molar-refractivity contribution in [1.29, 1.82) is 0 Å². The van der Waals surface area contributed by atoms with Crippen LogP contribution in [0.4, 0.5) is 0 Å². The molecule has 0 aliphatic carbocycles. The van der Waals surface area contributed by atoms with E-state index in [1.807, 2.05) is 30.3 Å². The summed E-state index contributed by atoms with van der Waals surface area (Å²) in [6.45, 7) is 2.10. The molecule has 8 heteroatoms. The molecule has 0 heterocycles. The highest BCUT2D eigenvalue weighted by atomic mass is 79.9. The Balaban J connectivity index is 2.03. The second-order valence-electron chi connectivity index (χ2n) is 6.18. The quantitative estimate of drug-likeness (QED) is 0.541. The lowest BCUT2D eigenvalue weighted by atomic mass is 10.1. The molecule has 0 aliphatic rings. The lowest BCUT2D eigenvalue weighted by molar-refractivity contribution is -0.138. The van der Waals surface area contributed by atoms with Crippen LogP contribution in [0.3, 0.4) is 0 Å². The van der Waals surface area contributed by atoms with Crippen LogP contribution < -0.4 is 5.32 Å². The van der Waals surface area contributed by atoms with Gasteiger partial charge in [0.1, 0.15) is 6.04 Å². The Morgan fingerprint density at radius 2 is 1.75 bits per heavy atom. The maximum Gasteiger partial charge on any atom is 0.242 e. The fourth-order valence-electron chi connectivity index (χ4n) is 2.55.